The van der Waals surface area contributed by atoms with Gasteiger partial charge in [0.2, 0.25) is 0 Å². The van der Waals surface area contributed by atoms with Gasteiger partial charge in [0, 0.05) is 5.69 Å². The molecule has 0 fully saturated rings. The topological polar surface area (TPSA) is 26.0 Å². The summed E-state index contributed by atoms with van der Waals surface area (Å²) < 4.78 is 13.3. The molecule has 0 amide bonds. The third-order valence-corrected chi connectivity index (χ3v) is 2.77. The minimum Gasteiger partial charge on any atom is -0.398 e. The first-order valence-corrected chi connectivity index (χ1v) is 5.38. The highest BCUT2D eigenvalue weighted by molar-refractivity contribution is 5.90. The lowest BCUT2D eigenvalue weighted by Crippen LogP contribution is -2.14. The van der Waals surface area contributed by atoms with Crippen LogP contribution in [0.2, 0.25) is 0 Å². The summed E-state index contributed by atoms with van der Waals surface area (Å²) in [6.07, 6.45) is 0. The van der Waals surface area contributed by atoms with Gasteiger partial charge in [-0.2, -0.15) is 0 Å². The maximum Gasteiger partial charge on any atom is 0.123 e. The Bertz CT molecular complexity index is 533. The van der Waals surface area contributed by atoms with Gasteiger partial charge in [0.15, 0.2) is 0 Å². The van der Waals surface area contributed by atoms with Crippen LogP contribution in [0, 0.1) is 5.82 Å². The summed E-state index contributed by atoms with van der Waals surface area (Å²) in [6.45, 7) is 6.26. The Balaban J connectivity index is 2.88. The molecule has 2 heteroatoms. The fraction of sp³-hybridized carbons (Fsp3) is 0.286. The van der Waals surface area contributed by atoms with Crippen LogP contribution in [0.25, 0.3) is 10.8 Å². The molecule has 0 atom stereocenters. The number of anilines is 1. The zero-order valence-corrected chi connectivity index (χ0v) is 9.84. The predicted molar refractivity (Wildman–Crippen MR) is 67.0 cm³/mol. The summed E-state index contributed by atoms with van der Waals surface area (Å²) in [5.41, 5.74) is 7.66. The molecule has 0 aliphatic carbocycles. The van der Waals surface area contributed by atoms with E-state index in [0.29, 0.717) is 0 Å². The lowest BCUT2D eigenvalue weighted by Gasteiger charge is -2.23. The van der Waals surface area contributed by atoms with Crippen LogP contribution < -0.4 is 5.73 Å². The van der Waals surface area contributed by atoms with Crippen molar-refractivity contribution in [2.24, 2.45) is 0 Å². The average Bonchev–Trinajstić information content (AvgIpc) is 2.14. The quantitative estimate of drug-likeness (QED) is 0.666. The molecule has 0 radical (unpaired) electrons. The molecule has 0 saturated heterocycles. The molecule has 0 aliphatic heterocycles. The molecule has 84 valence electrons. The largest absolute Gasteiger partial charge is 0.398 e. The van der Waals surface area contributed by atoms with E-state index in [2.05, 4.69) is 20.8 Å². The third kappa shape index (κ3) is 1.75. The molecule has 0 unspecified atom stereocenters. The molecule has 0 aromatic heterocycles. The zero-order chi connectivity index (χ0) is 11.9. The second kappa shape index (κ2) is 3.48. The molecule has 0 bridgehead atoms. The fourth-order valence-corrected chi connectivity index (χ4v) is 2.15. The zero-order valence-electron chi connectivity index (χ0n) is 9.84. The lowest BCUT2D eigenvalue weighted by molar-refractivity contribution is 0.596. The van der Waals surface area contributed by atoms with Gasteiger partial charge in [-0.3, -0.25) is 0 Å². The van der Waals surface area contributed by atoms with Crippen molar-refractivity contribution in [2.75, 3.05) is 5.73 Å². The summed E-state index contributed by atoms with van der Waals surface area (Å²) in [5, 5.41) is 1.94. The Morgan fingerprint density at radius 3 is 2.31 bits per heavy atom. The van der Waals surface area contributed by atoms with Gasteiger partial charge in [-0.05, 0) is 39.9 Å². The molecule has 2 N–H and O–H groups in total. The maximum absolute atomic E-state index is 13.3. The number of hydrogen-bond acceptors (Lipinski definition) is 1. The van der Waals surface area contributed by atoms with E-state index in [-0.39, 0.29) is 11.2 Å². The van der Waals surface area contributed by atoms with Crippen molar-refractivity contribution in [2.45, 2.75) is 26.2 Å². The van der Waals surface area contributed by atoms with Crippen molar-refractivity contribution in [3.8, 4) is 0 Å². The Kier molecular flexibility index (Phi) is 2.38. The van der Waals surface area contributed by atoms with Crippen molar-refractivity contribution in [1.29, 1.82) is 0 Å². The van der Waals surface area contributed by atoms with E-state index in [1.54, 1.807) is 12.1 Å². The smallest absolute Gasteiger partial charge is 0.123 e. The first-order valence-electron chi connectivity index (χ1n) is 5.38. The third-order valence-electron chi connectivity index (χ3n) is 2.77. The van der Waals surface area contributed by atoms with E-state index in [4.69, 9.17) is 5.73 Å². The molecule has 16 heavy (non-hydrogen) atoms. The molecular formula is C14H16FN. The molecule has 2 rings (SSSR count). The summed E-state index contributed by atoms with van der Waals surface area (Å²) in [6, 6.07) is 8.65. The Morgan fingerprint density at radius 2 is 1.69 bits per heavy atom. The number of nitrogens with two attached hydrogens (primary N) is 1. The molecule has 2 aromatic rings. The van der Waals surface area contributed by atoms with Crippen molar-refractivity contribution < 1.29 is 4.39 Å². The van der Waals surface area contributed by atoms with Crippen LogP contribution in [0.3, 0.4) is 0 Å². The Morgan fingerprint density at radius 1 is 1.06 bits per heavy atom. The van der Waals surface area contributed by atoms with Gasteiger partial charge in [0.25, 0.3) is 0 Å². The van der Waals surface area contributed by atoms with Crippen molar-refractivity contribution >= 4 is 16.5 Å². The van der Waals surface area contributed by atoms with Gasteiger partial charge in [-0.15, -0.1) is 0 Å². The van der Waals surface area contributed by atoms with Crippen LogP contribution in [0.1, 0.15) is 26.3 Å². The summed E-state index contributed by atoms with van der Waals surface area (Å²) in [7, 11) is 0. The molecule has 0 aliphatic rings. The first kappa shape index (κ1) is 10.9. The van der Waals surface area contributed by atoms with Crippen LogP contribution in [0.5, 0.6) is 0 Å². The molecule has 0 heterocycles. The first-order chi connectivity index (χ1) is 7.39. The van der Waals surface area contributed by atoms with Crippen molar-refractivity contribution in [3.63, 3.8) is 0 Å². The van der Waals surface area contributed by atoms with Gasteiger partial charge < -0.3 is 5.73 Å². The molecule has 2 aromatic carbocycles. The number of hydrogen-bond donors (Lipinski definition) is 1. The van der Waals surface area contributed by atoms with Crippen molar-refractivity contribution in [3.05, 3.63) is 41.7 Å². The maximum atomic E-state index is 13.3. The van der Waals surface area contributed by atoms with Crippen LogP contribution in [0.4, 0.5) is 10.1 Å². The van der Waals surface area contributed by atoms with E-state index in [0.717, 1.165) is 22.0 Å². The highest BCUT2D eigenvalue weighted by atomic mass is 19.1. The monoisotopic (exact) mass is 217 g/mol. The van der Waals surface area contributed by atoms with Crippen LogP contribution in [0.15, 0.2) is 30.3 Å². The van der Waals surface area contributed by atoms with Gasteiger partial charge in [0.1, 0.15) is 5.82 Å². The predicted octanol–water partition coefficient (Wildman–Crippen LogP) is 3.86. The van der Waals surface area contributed by atoms with Crippen LogP contribution >= 0.6 is 0 Å². The second-order valence-corrected chi connectivity index (χ2v) is 5.15. The molecule has 0 spiro atoms. The summed E-state index contributed by atoms with van der Waals surface area (Å²) in [5.74, 6) is -0.219. The minimum absolute atomic E-state index is 0.0859. The Labute approximate surface area is 95.1 Å². The van der Waals surface area contributed by atoms with E-state index < -0.39 is 0 Å². The SMILES string of the molecule is CC(C)(C)c1c(N)ccc2ccc(F)cc12. The molecule has 0 saturated carbocycles. The fourth-order valence-electron chi connectivity index (χ4n) is 2.15. The number of fused-ring (bicyclic) bond motifs is 1. The molecular weight excluding hydrogens is 201 g/mol. The standard InChI is InChI=1S/C14H16FN/c1-14(2,3)13-11-8-10(15)6-4-9(11)5-7-12(13)16/h4-8H,16H2,1-3H3. The highest BCUT2D eigenvalue weighted by Crippen LogP contribution is 2.34. The number of benzene rings is 2. The van der Waals surface area contributed by atoms with E-state index in [1.807, 2.05) is 12.1 Å². The number of nitrogen functional groups attached to an aromatic ring is 1. The molecule has 1 nitrogen and oxygen atoms in total. The second-order valence-electron chi connectivity index (χ2n) is 5.15. The van der Waals surface area contributed by atoms with Crippen LogP contribution in [-0.2, 0) is 5.41 Å². The number of rotatable bonds is 0. The van der Waals surface area contributed by atoms with Crippen LogP contribution in [-0.4, -0.2) is 0 Å². The van der Waals surface area contributed by atoms with Gasteiger partial charge in [-0.1, -0.05) is 32.9 Å². The average molecular weight is 217 g/mol. The van der Waals surface area contributed by atoms with E-state index in [9.17, 15) is 4.39 Å². The summed E-state index contributed by atoms with van der Waals surface area (Å²) >= 11 is 0. The van der Waals surface area contributed by atoms with Gasteiger partial charge in [0.05, 0.1) is 0 Å². The number of halogens is 1. The normalized spacial score (nSPS) is 12.0. The highest BCUT2D eigenvalue weighted by Gasteiger charge is 2.20. The van der Waals surface area contributed by atoms with Crippen molar-refractivity contribution in [1.82, 2.24) is 0 Å². The van der Waals surface area contributed by atoms with E-state index >= 15 is 0 Å². The summed E-state index contributed by atoms with van der Waals surface area (Å²) in [4.78, 5) is 0. The minimum atomic E-state index is -0.219. The van der Waals surface area contributed by atoms with Gasteiger partial charge >= 0.3 is 0 Å². The van der Waals surface area contributed by atoms with E-state index in [1.165, 1.54) is 6.07 Å². The van der Waals surface area contributed by atoms with Gasteiger partial charge in [-0.25, -0.2) is 4.39 Å². The Hall–Kier alpha value is -1.57. The lowest BCUT2D eigenvalue weighted by atomic mass is 9.82.